The highest BCUT2D eigenvalue weighted by Gasteiger charge is 2.15. The van der Waals surface area contributed by atoms with Crippen LogP contribution in [0.15, 0.2) is 33.6 Å². The minimum Gasteiger partial charge on any atom is -0.284 e. The van der Waals surface area contributed by atoms with Crippen LogP contribution in [0.4, 0.5) is 0 Å². The lowest BCUT2D eigenvalue weighted by Crippen LogP contribution is -2.25. The minimum absolute atomic E-state index is 0.0499. The van der Waals surface area contributed by atoms with Crippen molar-refractivity contribution in [1.82, 2.24) is 14.9 Å². The van der Waals surface area contributed by atoms with E-state index in [9.17, 15) is 16.8 Å². The Morgan fingerprint density at radius 2 is 2.05 bits per heavy atom. The van der Waals surface area contributed by atoms with Crippen LogP contribution in [0.3, 0.4) is 0 Å². The van der Waals surface area contributed by atoms with Gasteiger partial charge in [-0.1, -0.05) is 0 Å². The number of nitrogens with zero attached hydrogens (tertiary/aromatic N) is 1. The molecular formula is C9H12N4O4S3. The normalized spacial score (nSPS) is 12.7. The van der Waals surface area contributed by atoms with Crippen LogP contribution in [0.5, 0.6) is 0 Å². The molecule has 2 aromatic heterocycles. The summed E-state index contributed by atoms with van der Waals surface area (Å²) in [5.41, 5.74) is 0. The molecule has 0 saturated carbocycles. The fourth-order valence-electron chi connectivity index (χ4n) is 1.42. The van der Waals surface area contributed by atoms with Crippen molar-refractivity contribution in [3.63, 3.8) is 0 Å². The molecular weight excluding hydrogens is 324 g/mol. The minimum atomic E-state index is -3.70. The lowest BCUT2D eigenvalue weighted by atomic mass is 10.3. The van der Waals surface area contributed by atoms with Crippen molar-refractivity contribution in [2.45, 2.75) is 15.5 Å². The van der Waals surface area contributed by atoms with Gasteiger partial charge in [0.1, 0.15) is 9.10 Å². The lowest BCUT2D eigenvalue weighted by molar-refractivity contribution is 0.581. The number of nitrogens with one attached hydrogen (secondary N) is 2. The first-order valence-corrected chi connectivity index (χ1v) is 9.23. The SMILES string of the molecule is NS(=O)(=O)c1ccc(CCNS(=O)(=O)c2cn[nH]c2)s1. The van der Waals surface area contributed by atoms with Gasteiger partial charge >= 0.3 is 0 Å². The maximum Gasteiger partial charge on any atom is 0.247 e. The lowest BCUT2D eigenvalue weighted by Gasteiger charge is -2.02. The Hall–Kier alpha value is -1.27. The second-order valence-corrected chi connectivity index (χ2v) is 8.57. The maximum atomic E-state index is 11.8. The third-order valence-electron chi connectivity index (χ3n) is 2.36. The molecule has 0 aliphatic carbocycles. The van der Waals surface area contributed by atoms with Gasteiger partial charge in [0.2, 0.25) is 20.0 Å². The molecule has 11 heteroatoms. The Kier molecular flexibility index (Phi) is 4.25. The van der Waals surface area contributed by atoms with Gasteiger partial charge in [-0.25, -0.2) is 26.7 Å². The molecule has 0 saturated heterocycles. The molecule has 0 aliphatic rings. The Morgan fingerprint density at radius 1 is 1.30 bits per heavy atom. The van der Waals surface area contributed by atoms with Gasteiger partial charge in [-0.05, 0) is 18.6 Å². The topological polar surface area (TPSA) is 135 Å². The van der Waals surface area contributed by atoms with Crippen molar-refractivity contribution >= 4 is 31.4 Å². The van der Waals surface area contributed by atoms with E-state index in [0.717, 1.165) is 16.2 Å². The number of hydrogen-bond acceptors (Lipinski definition) is 6. The maximum absolute atomic E-state index is 11.8. The Bertz CT molecular complexity index is 777. The van der Waals surface area contributed by atoms with E-state index in [4.69, 9.17) is 5.14 Å². The van der Waals surface area contributed by atoms with E-state index in [1.54, 1.807) is 6.07 Å². The van der Waals surface area contributed by atoms with Crippen LogP contribution in [0.2, 0.25) is 0 Å². The van der Waals surface area contributed by atoms with Gasteiger partial charge < -0.3 is 0 Å². The second kappa shape index (κ2) is 5.61. The molecule has 0 fully saturated rings. The Labute approximate surface area is 120 Å². The summed E-state index contributed by atoms with van der Waals surface area (Å²) >= 11 is 1.02. The summed E-state index contributed by atoms with van der Waals surface area (Å²) in [6, 6.07) is 3.01. The zero-order chi connectivity index (χ0) is 14.8. The number of sulfonamides is 2. The first-order valence-electron chi connectivity index (χ1n) is 5.39. The summed E-state index contributed by atoms with van der Waals surface area (Å²) in [5.74, 6) is 0. The molecule has 0 aliphatic heterocycles. The predicted molar refractivity (Wildman–Crippen MR) is 73.2 cm³/mol. The first-order chi connectivity index (χ1) is 9.29. The van der Waals surface area contributed by atoms with Gasteiger partial charge in [-0.3, -0.25) is 5.10 Å². The molecule has 0 aromatic carbocycles. The highest BCUT2D eigenvalue weighted by molar-refractivity contribution is 7.91. The number of nitrogens with two attached hydrogens (primary N) is 1. The highest BCUT2D eigenvalue weighted by Crippen LogP contribution is 2.20. The molecule has 20 heavy (non-hydrogen) atoms. The molecule has 0 atom stereocenters. The highest BCUT2D eigenvalue weighted by atomic mass is 32.2. The second-order valence-electron chi connectivity index (χ2n) is 3.85. The molecule has 110 valence electrons. The fourth-order valence-corrected chi connectivity index (χ4v) is 4.14. The van der Waals surface area contributed by atoms with Crippen LogP contribution < -0.4 is 9.86 Å². The van der Waals surface area contributed by atoms with Gasteiger partial charge in [-0.15, -0.1) is 11.3 Å². The van der Waals surface area contributed by atoms with Gasteiger partial charge in [-0.2, -0.15) is 5.10 Å². The smallest absolute Gasteiger partial charge is 0.247 e. The number of H-pyrrole nitrogens is 1. The van der Waals surface area contributed by atoms with Gasteiger partial charge in [0.25, 0.3) is 0 Å². The quantitative estimate of drug-likeness (QED) is 0.662. The summed E-state index contributed by atoms with van der Waals surface area (Å²) in [4.78, 5) is 0.776. The first kappa shape index (κ1) is 15.1. The Balaban J connectivity index is 1.96. The summed E-state index contributed by atoms with van der Waals surface area (Å²) in [5, 5.41) is 11.0. The predicted octanol–water partition coefficient (Wildman–Crippen LogP) is -0.360. The molecule has 4 N–H and O–H groups in total. The molecule has 2 heterocycles. The molecule has 0 radical (unpaired) electrons. The van der Waals surface area contributed by atoms with Crippen LogP contribution in [0, 0.1) is 0 Å². The number of thiophene rings is 1. The van der Waals surface area contributed by atoms with Crippen LogP contribution >= 0.6 is 11.3 Å². The number of aromatic nitrogens is 2. The van der Waals surface area contributed by atoms with E-state index < -0.39 is 20.0 Å². The number of rotatable bonds is 6. The van der Waals surface area contributed by atoms with Crippen LogP contribution in [-0.4, -0.2) is 33.6 Å². The molecule has 2 aromatic rings. The van der Waals surface area contributed by atoms with Crippen LogP contribution in [0.25, 0.3) is 0 Å². The molecule has 8 nitrogen and oxygen atoms in total. The van der Waals surface area contributed by atoms with Gasteiger partial charge in [0.15, 0.2) is 0 Å². The Morgan fingerprint density at radius 3 is 2.60 bits per heavy atom. The van der Waals surface area contributed by atoms with E-state index in [0.29, 0.717) is 6.42 Å². The largest absolute Gasteiger partial charge is 0.284 e. The number of hydrogen-bond donors (Lipinski definition) is 3. The van der Waals surface area contributed by atoms with Crippen molar-refractivity contribution in [3.8, 4) is 0 Å². The zero-order valence-corrected chi connectivity index (χ0v) is 12.6. The zero-order valence-electron chi connectivity index (χ0n) is 10.1. The van der Waals surface area contributed by atoms with E-state index in [2.05, 4.69) is 14.9 Å². The molecule has 0 spiro atoms. The van der Waals surface area contributed by atoms with Crippen molar-refractivity contribution in [1.29, 1.82) is 0 Å². The standard InChI is InChI=1S/C9H12N4O4S3/c10-19(14,15)9-2-1-7(18-9)3-4-13-20(16,17)8-5-11-12-6-8/h1-2,5-6,13H,3-4H2,(H,11,12)(H2,10,14,15). The number of primary sulfonamides is 1. The van der Waals surface area contributed by atoms with Crippen LogP contribution in [-0.2, 0) is 26.5 Å². The van der Waals surface area contributed by atoms with Crippen molar-refractivity contribution in [2.24, 2.45) is 5.14 Å². The van der Waals surface area contributed by atoms with E-state index >= 15 is 0 Å². The van der Waals surface area contributed by atoms with Gasteiger partial charge in [0, 0.05) is 17.6 Å². The fraction of sp³-hybridized carbons (Fsp3) is 0.222. The van der Waals surface area contributed by atoms with Crippen molar-refractivity contribution in [3.05, 3.63) is 29.4 Å². The summed E-state index contributed by atoms with van der Waals surface area (Å²) < 4.78 is 48.2. The molecule has 0 unspecified atom stereocenters. The molecule has 0 amide bonds. The monoisotopic (exact) mass is 336 g/mol. The molecule has 2 rings (SSSR count). The van der Waals surface area contributed by atoms with Crippen molar-refractivity contribution < 1.29 is 16.8 Å². The van der Waals surface area contributed by atoms with E-state index in [-0.39, 0.29) is 15.6 Å². The van der Waals surface area contributed by atoms with E-state index in [1.807, 2.05) is 0 Å². The summed E-state index contributed by atoms with van der Waals surface area (Å²) in [7, 11) is -7.29. The summed E-state index contributed by atoms with van der Waals surface area (Å²) in [6.07, 6.45) is 2.84. The average Bonchev–Trinajstić information content (AvgIpc) is 2.99. The van der Waals surface area contributed by atoms with Gasteiger partial charge in [0.05, 0.1) is 6.20 Å². The number of aromatic amines is 1. The summed E-state index contributed by atoms with van der Waals surface area (Å²) in [6.45, 7) is 0.151. The molecule has 0 bridgehead atoms. The third kappa shape index (κ3) is 3.64. The van der Waals surface area contributed by atoms with E-state index in [1.165, 1.54) is 18.5 Å². The average molecular weight is 336 g/mol. The van der Waals surface area contributed by atoms with Crippen LogP contribution in [0.1, 0.15) is 4.88 Å². The third-order valence-corrected chi connectivity index (χ3v) is 6.38. The van der Waals surface area contributed by atoms with Crippen molar-refractivity contribution in [2.75, 3.05) is 6.54 Å².